The molecule has 1 fully saturated rings. The van der Waals surface area contributed by atoms with Gasteiger partial charge in [-0.1, -0.05) is 20.8 Å². The molecule has 2 N–H and O–H groups in total. The molecule has 0 aliphatic carbocycles. The number of thiazole rings is 1. The summed E-state index contributed by atoms with van der Waals surface area (Å²) < 4.78 is 1.77. The third-order valence-corrected chi connectivity index (χ3v) is 7.91. The molecule has 200 valence electrons. The zero-order chi connectivity index (χ0) is 27.1. The van der Waals surface area contributed by atoms with Crippen LogP contribution in [0.4, 0.5) is 10.6 Å². The Hall–Kier alpha value is -3.21. The van der Waals surface area contributed by atoms with E-state index in [1.54, 1.807) is 33.0 Å². The Labute approximate surface area is 221 Å². The van der Waals surface area contributed by atoms with E-state index in [1.807, 2.05) is 32.3 Å². The number of likely N-dealkylation sites (tertiary alicyclic amines) is 1. The van der Waals surface area contributed by atoms with Crippen LogP contribution in [0.2, 0.25) is 0 Å². The average Bonchev–Trinajstić information content (AvgIpc) is 3.41. The number of carboxylic acid groups (broad SMARTS) is 1. The van der Waals surface area contributed by atoms with Gasteiger partial charge in [0.25, 0.3) is 5.91 Å². The van der Waals surface area contributed by atoms with Crippen molar-refractivity contribution < 1.29 is 14.7 Å². The summed E-state index contributed by atoms with van der Waals surface area (Å²) in [5.41, 5.74) is 0.567. The van der Waals surface area contributed by atoms with Gasteiger partial charge in [0.2, 0.25) is 0 Å². The lowest BCUT2D eigenvalue weighted by Gasteiger charge is -2.43. The van der Waals surface area contributed by atoms with Crippen LogP contribution in [-0.2, 0) is 0 Å². The third-order valence-electron chi connectivity index (χ3n) is 7.03. The van der Waals surface area contributed by atoms with E-state index in [1.165, 1.54) is 4.90 Å². The summed E-state index contributed by atoms with van der Waals surface area (Å²) in [5, 5.41) is 19.6. The van der Waals surface area contributed by atoms with Gasteiger partial charge >= 0.3 is 6.09 Å². The summed E-state index contributed by atoms with van der Waals surface area (Å²) in [5.74, 6) is 0.860. The van der Waals surface area contributed by atoms with E-state index in [9.17, 15) is 14.7 Å². The second-order valence-corrected chi connectivity index (χ2v) is 12.6. The number of aromatic nitrogens is 4. The Morgan fingerprint density at radius 2 is 1.84 bits per heavy atom. The molecular weight excluding hydrogens is 490 g/mol. The summed E-state index contributed by atoms with van der Waals surface area (Å²) in [6, 6.07) is 1.68. The van der Waals surface area contributed by atoms with Crippen LogP contribution in [0, 0.1) is 5.41 Å². The largest absolute Gasteiger partial charge is 0.465 e. The Balaban J connectivity index is 1.61. The molecule has 1 aliphatic heterocycles. The molecule has 1 saturated heterocycles. The van der Waals surface area contributed by atoms with Crippen molar-refractivity contribution in [2.24, 2.45) is 5.41 Å². The molecule has 2 amide bonds. The first-order chi connectivity index (χ1) is 17.3. The molecule has 3 aromatic rings. The maximum atomic E-state index is 13.6. The fourth-order valence-electron chi connectivity index (χ4n) is 4.55. The van der Waals surface area contributed by atoms with Gasteiger partial charge in [-0.2, -0.15) is 5.10 Å². The SMILES string of the molecule is C[C@@H](Nc1cc(C(=O)N2CCC(N(C(=O)O)C(C)(C)C)CC2)nc(-c2cnn3ccsc23)n1)C(C)(C)C. The number of anilines is 1. The van der Waals surface area contributed by atoms with E-state index in [0.29, 0.717) is 43.3 Å². The van der Waals surface area contributed by atoms with Crippen molar-refractivity contribution in [2.75, 3.05) is 18.4 Å². The van der Waals surface area contributed by atoms with Gasteiger partial charge in [-0.25, -0.2) is 19.3 Å². The second kappa shape index (κ2) is 9.92. The van der Waals surface area contributed by atoms with E-state index in [4.69, 9.17) is 4.98 Å². The normalized spacial score (nSPS) is 16.1. The monoisotopic (exact) mass is 527 g/mol. The van der Waals surface area contributed by atoms with Crippen molar-refractivity contribution >= 4 is 34.0 Å². The van der Waals surface area contributed by atoms with Crippen molar-refractivity contribution in [3.05, 3.63) is 29.5 Å². The lowest BCUT2D eigenvalue weighted by molar-refractivity contribution is 0.0381. The highest BCUT2D eigenvalue weighted by Gasteiger charge is 2.36. The zero-order valence-electron chi connectivity index (χ0n) is 22.6. The molecule has 11 heteroatoms. The van der Waals surface area contributed by atoms with Crippen molar-refractivity contribution in [3.8, 4) is 11.4 Å². The highest BCUT2D eigenvalue weighted by Crippen LogP contribution is 2.29. The molecule has 4 rings (SSSR count). The van der Waals surface area contributed by atoms with Crippen LogP contribution in [-0.4, -0.2) is 77.2 Å². The molecule has 0 spiro atoms. The number of hydrogen-bond acceptors (Lipinski definition) is 7. The van der Waals surface area contributed by atoms with E-state index in [2.05, 4.69) is 43.1 Å². The number of carbonyl (C=O) groups is 2. The highest BCUT2D eigenvalue weighted by molar-refractivity contribution is 7.16. The maximum Gasteiger partial charge on any atom is 0.407 e. The molecule has 3 aromatic heterocycles. The predicted octanol–water partition coefficient (Wildman–Crippen LogP) is 5.08. The summed E-state index contributed by atoms with van der Waals surface area (Å²) in [6.07, 6.45) is 3.84. The summed E-state index contributed by atoms with van der Waals surface area (Å²) in [7, 11) is 0. The Bertz CT molecular complexity index is 1280. The summed E-state index contributed by atoms with van der Waals surface area (Å²) in [4.78, 5) is 39.2. The minimum absolute atomic E-state index is 0.0149. The first-order valence-corrected chi connectivity index (χ1v) is 13.5. The fourth-order valence-corrected chi connectivity index (χ4v) is 5.34. The molecule has 10 nitrogen and oxygen atoms in total. The summed E-state index contributed by atoms with van der Waals surface area (Å²) in [6.45, 7) is 15.2. The van der Waals surface area contributed by atoms with Gasteiger partial charge in [0.05, 0.1) is 11.8 Å². The Morgan fingerprint density at radius 1 is 1.16 bits per heavy atom. The Morgan fingerprint density at radius 3 is 2.43 bits per heavy atom. The minimum atomic E-state index is -0.928. The standard InChI is InChI=1S/C26H37N7O3S/c1-16(25(2,3)4)28-20-14-19(29-21(30-20)18-15-27-32-12-13-37-23(18)32)22(34)31-10-8-17(9-11-31)33(24(35)36)26(5,6)7/h12-17H,8-11H2,1-7H3,(H,35,36)(H,28,29,30)/t16-/m1/s1. The van der Waals surface area contributed by atoms with Gasteiger partial charge in [0, 0.05) is 48.4 Å². The van der Waals surface area contributed by atoms with Crippen LogP contribution in [0.3, 0.4) is 0 Å². The number of amides is 2. The second-order valence-electron chi connectivity index (χ2n) is 11.8. The van der Waals surface area contributed by atoms with Crippen LogP contribution in [0.5, 0.6) is 0 Å². The van der Waals surface area contributed by atoms with Gasteiger partial charge in [-0.05, 0) is 46.0 Å². The lowest BCUT2D eigenvalue weighted by atomic mass is 9.88. The number of rotatable bonds is 5. The number of nitrogens with one attached hydrogen (secondary N) is 1. The minimum Gasteiger partial charge on any atom is -0.465 e. The number of nitrogens with zero attached hydrogens (tertiary/aromatic N) is 6. The molecule has 1 atom stereocenters. The first-order valence-electron chi connectivity index (χ1n) is 12.6. The maximum absolute atomic E-state index is 13.6. The van der Waals surface area contributed by atoms with Crippen LogP contribution >= 0.6 is 11.3 Å². The van der Waals surface area contributed by atoms with Gasteiger partial charge in [-0.3, -0.25) is 4.79 Å². The van der Waals surface area contributed by atoms with Crippen molar-refractivity contribution in [3.63, 3.8) is 0 Å². The highest BCUT2D eigenvalue weighted by atomic mass is 32.1. The first kappa shape index (κ1) is 26.8. The number of fused-ring (bicyclic) bond motifs is 1. The van der Waals surface area contributed by atoms with Gasteiger partial charge in [0.15, 0.2) is 5.82 Å². The Kier molecular flexibility index (Phi) is 7.20. The van der Waals surface area contributed by atoms with E-state index in [-0.39, 0.29) is 23.4 Å². The van der Waals surface area contributed by atoms with Crippen molar-refractivity contribution in [1.29, 1.82) is 0 Å². The van der Waals surface area contributed by atoms with E-state index in [0.717, 1.165) is 10.4 Å². The number of piperidine rings is 1. The van der Waals surface area contributed by atoms with Crippen LogP contribution < -0.4 is 5.32 Å². The number of carbonyl (C=O) groups excluding carboxylic acids is 1. The lowest BCUT2D eigenvalue weighted by Crippen LogP contribution is -2.55. The molecule has 0 bridgehead atoms. The molecule has 1 aliphatic rings. The predicted molar refractivity (Wildman–Crippen MR) is 145 cm³/mol. The smallest absolute Gasteiger partial charge is 0.407 e. The quantitative estimate of drug-likeness (QED) is 0.475. The van der Waals surface area contributed by atoms with Crippen LogP contribution in [0.1, 0.15) is 71.8 Å². The third kappa shape index (κ3) is 5.71. The molecular formula is C26H37N7O3S. The van der Waals surface area contributed by atoms with Gasteiger partial charge in [0.1, 0.15) is 16.3 Å². The topological polar surface area (TPSA) is 116 Å². The van der Waals surface area contributed by atoms with Crippen LogP contribution in [0.25, 0.3) is 16.2 Å². The molecule has 0 radical (unpaired) electrons. The van der Waals surface area contributed by atoms with Crippen molar-refractivity contribution in [1.82, 2.24) is 29.4 Å². The molecule has 37 heavy (non-hydrogen) atoms. The van der Waals surface area contributed by atoms with Gasteiger partial charge in [-0.15, -0.1) is 11.3 Å². The van der Waals surface area contributed by atoms with Crippen molar-refractivity contribution in [2.45, 2.75) is 78.9 Å². The van der Waals surface area contributed by atoms with Gasteiger partial charge < -0.3 is 20.2 Å². The van der Waals surface area contributed by atoms with E-state index >= 15 is 0 Å². The molecule has 0 unspecified atom stereocenters. The van der Waals surface area contributed by atoms with Crippen LogP contribution in [0.15, 0.2) is 23.8 Å². The summed E-state index contributed by atoms with van der Waals surface area (Å²) >= 11 is 1.54. The fraction of sp³-hybridized carbons (Fsp3) is 0.577. The zero-order valence-corrected chi connectivity index (χ0v) is 23.5. The number of hydrogen-bond donors (Lipinski definition) is 2. The molecule has 4 heterocycles. The molecule has 0 aromatic carbocycles. The molecule has 0 saturated carbocycles. The average molecular weight is 528 g/mol. The van der Waals surface area contributed by atoms with E-state index < -0.39 is 11.6 Å².